The number of esters is 1. The van der Waals surface area contributed by atoms with Gasteiger partial charge in [0.2, 0.25) is 0 Å². The SMILES string of the molecule is COc1cc(/C=C(\C#N)C(=O)NCc2ccco2)ccc1OC(=O)c1ccc(C)cc1. The average Bonchev–Trinajstić information content (AvgIpc) is 3.30. The van der Waals surface area contributed by atoms with Crippen molar-refractivity contribution in [2.75, 3.05) is 7.11 Å². The highest BCUT2D eigenvalue weighted by molar-refractivity contribution is 6.01. The van der Waals surface area contributed by atoms with Gasteiger partial charge in [-0.15, -0.1) is 0 Å². The van der Waals surface area contributed by atoms with Crippen molar-refractivity contribution >= 4 is 18.0 Å². The molecule has 0 saturated carbocycles. The highest BCUT2D eigenvalue weighted by atomic mass is 16.6. The Labute approximate surface area is 179 Å². The lowest BCUT2D eigenvalue weighted by molar-refractivity contribution is -0.117. The van der Waals surface area contributed by atoms with Crippen molar-refractivity contribution in [3.05, 3.63) is 88.9 Å². The Kier molecular flexibility index (Phi) is 6.86. The third kappa shape index (κ3) is 5.61. The Morgan fingerprint density at radius 2 is 1.90 bits per heavy atom. The van der Waals surface area contributed by atoms with Gasteiger partial charge in [0, 0.05) is 0 Å². The summed E-state index contributed by atoms with van der Waals surface area (Å²) in [5, 5.41) is 12.0. The molecule has 31 heavy (non-hydrogen) atoms. The van der Waals surface area contributed by atoms with Crippen LogP contribution in [0.25, 0.3) is 6.08 Å². The first-order chi connectivity index (χ1) is 15.0. The molecule has 0 radical (unpaired) electrons. The second-order valence-corrected chi connectivity index (χ2v) is 6.60. The number of carbonyl (C=O) groups is 2. The van der Waals surface area contributed by atoms with Crippen LogP contribution in [0.1, 0.15) is 27.2 Å². The molecule has 156 valence electrons. The van der Waals surface area contributed by atoms with Crippen LogP contribution in [0.3, 0.4) is 0 Å². The van der Waals surface area contributed by atoms with E-state index < -0.39 is 11.9 Å². The number of hydrogen-bond donors (Lipinski definition) is 1. The smallest absolute Gasteiger partial charge is 0.343 e. The Bertz CT molecular complexity index is 1140. The van der Waals surface area contributed by atoms with Crippen molar-refractivity contribution in [2.24, 2.45) is 0 Å². The topological polar surface area (TPSA) is 102 Å². The molecule has 0 aliphatic heterocycles. The van der Waals surface area contributed by atoms with Crippen molar-refractivity contribution in [2.45, 2.75) is 13.5 Å². The molecule has 0 spiro atoms. The van der Waals surface area contributed by atoms with Crippen LogP contribution in [-0.2, 0) is 11.3 Å². The van der Waals surface area contributed by atoms with Crippen LogP contribution in [0.2, 0.25) is 0 Å². The van der Waals surface area contributed by atoms with E-state index >= 15 is 0 Å². The Morgan fingerprint density at radius 1 is 1.13 bits per heavy atom. The summed E-state index contributed by atoms with van der Waals surface area (Å²) < 4.78 is 15.9. The first kappa shape index (κ1) is 21.4. The van der Waals surface area contributed by atoms with E-state index in [1.807, 2.05) is 25.1 Å². The fourth-order valence-corrected chi connectivity index (χ4v) is 2.70. The molecule has 0 fully saturated rings. The minimum atomic E-state index is -0.534. The van der Waals surface area contributed by atoms with Crippen LogP contribution >= 0.6 is 0 Å². The van der Waals surface area contributed by atoms with Gasteiger partial charge in [0.05, 0.1) is 25.5 Å². The van der Waals surface area contributed by atoms with Crippen LogP contribution in [0.5, 0.6) is 11.5 Å². The molecule has 3 rings (SSSR count). The molecule has 1 amide bonds. The predicted octanol–water partition coefficient (Wildman–Crippen LogP) is 4.04. The zero-order chi connectivity index (χ0) is 22.2. The maximum Gasteiger partial charge on any atom is 0.343 e. The van der Waals surface area contributed by atoms with Gasteiger partial charge in [-0.05, 0) is 55.0 Å². The molecule has 7 heteroatoms. The maximum atomic E-state index is 12.4. The van der Waals surface area contributed by atoms with Gasteiger partial charge in [-0.2, -0.15) is 5.26 Å². The van der Waals surface area contributed by atoms with Gasteiger partial charge < -0.3 is 19.2 Å². The second kappa shape index (κ2) is 9.94. The maximum absolute atomic E-state index is 12.4. The first-order valence-electron chi connectivity index (χ1n) is 9.39. The van der Waals surface area contributed by atoms with Crippen LogP contribution < -0.4 is 14.8 Å². The van der Waals surface area contributed by atoms with Crippen LogP contribution in [0, 0.1) is 18.3 Å². The number of carbonyl (C=O) groups excluding carboxylic acids is 2. The highest BCUT2D eigenvalue weighted by Gasteiger charge is 2.14. The number of furan rings is 1. The number of nitrogens with zero attached hydrogens (tertiary/aromatic N) is 1. The lowest BCUT2D eigenvalue weighted by Crippen LogP contribution is -2.23. The fourth-order valence-electron chi connectivity index (χ4n) is 2.70. The number of rotatable bonds is 7. The number of benzene rings is 2. The van der Waals surface area contributed by atoms with E-state index in [1.165, 1.54) is 19.4 Å². The van der Waals surface area contributed by atoms with Crippen molar-refractivity contribution in [3.8, 4) is 17.6 Å². The van der Waals surface area contributed by atoms with Crippen molar-refractivity contribution in [1.29, 1.82) is 5.26 Å². The van der Waals surface area contributed by atoms with E-state index in [0.29, 0.717) is 22.6 Å². The highest BCUT2D eigenvalue weighted by Crippen LogP contribution is 2.29. The quantitative estimate of drug-likeness (QED) is 0.270. The van der Waals surface area contributed by atoms with Gasteiger partial charge in [0.1, 0.15) is 17.4 Å². The molecule has 3 aromatic rings. The molecule has 1 N–H and O–H groups in total. The van der Waals surface area contributed by atoms with Crippen molar-refractivity contribution in [1.82, 2.24) is 5.32 Å². The van der Waals surface area contributed by atoms with E-state index in [4.69, 9.17) is 13.9 Å². The van der Waals surface area contributed by atoms with E-state index in [9.17, 15) is 14.9 Å². The van der Waals surface area contributed by atoms with Crippen LogP contribution in [-0.4, -0.2) is 19.0 Å². The summed E-state index contributed by atoms with van der Waals surface area (Å²) in [7, 11) is 1.44. The van der Waals surface area contributed by atoms with Gasteiger partial charge in [-0.3, -0.25) is 4.79 Å². The minimum absolute atomic E-state index is 0.0852. The number of nitriles is 1. The summed E-state index contributed by atoms with van der Waals surface area (Å²) in [6.07, 6.45) is 2.92. The molecule has 2 aromatic carbocycles. The van der Waals surface area contributed by atoms with Crippen molar-refractivity contribution < 1.29 is 23.5 Å². The van der Waals surface area contributed by atoms with E-state index in [0.717, 1.165) is 5.56 Å². The zero-order valence-electron chi connectivity index (χ0n) is 17.0. The van der Waals surface area contributed by atoms with Crippen LogP contribution in [0.15, 0.2) is 70.9 Å². The molecule has 0 aliphatic carbocycles. The van der Waals surface area contributed by atoms with Gasteiger partial charge in [0.25, 0.3) is 5.91 Å². The Hall–Kier alpha value is -4.31. The van der Waals surface area contributed by atoms with E-state index in [-0.39, 0.29) is 17.9 Å². The molecule has 1 heterocycles. The normalized spacial score (nSPS) is 10.8. The summed E-state index contributed by atoms with van der Waals surface area (Å²) in [5.74, 6) is 0.0462. The number of ether oxygens (including phenoxy) is 2. The molecule has 7 nitrogen and oxygen atoms in total. The molecular weight excluding hydrogens is 396 g/mol. The number of nitrogens with one attached hydrogen (secondary N) is 1. The number of methoxy groups -OCH3 is 1. The molecule has 1 aromatic heterocycles. The lowest BCUT2D eigenvalue weighted by Gasteiger charge is -2.10. The standard InChI is InChI=1S/C24H20N2O5/c1-16-5-8-18(9-6-16)24(28)31-21-10-7-17(13-22(21)29-2)12-19(14-25)23(27)26-15-20-4-3-11-30-20/h3-13H,15H2,1-2H3,(H,26,27)/b19-12+. The summed E-state index contributed by atoms with van der Waals surface area (Å²) >= 11 is 0. The monoisotopic (exact) mass is 416 g/mol. The number of amides is 1. The molecule has 0 saturated heterocycles. The largest absolute Gasteiger partial charge is 0.493 e. The van der Waals surface area contributed by atoms with E-state index in [2.05, 4.69) is 5.32 Å². The minimum Gasteiger partial charge on any atom is -0.493 e. The Balaban J connectivity index is 1.74. The lowest BCUT2D eigenvalue weighted by atomic mass is 10.1. The summed E-state index contributed by atoms with van der Waals surface area (Å²) in [6, 6.07) is 17.1. The van der Waals surface area contributed by atoms with E-state index in [1.54, 1.807) is 42.5 Å². The fraction of sp³-hybridized carbons (Fsp3) is 0.125. The van der Waals surface area contributed by atoms with Gasteiger partial charge in [-0.1, -0.05) is 23.8 Å². The Morgan fingerprint density at radius 3 is 2.55 bits per heavy atom. The third-order valence-corrected chi connectivity index (χ3v) is 4.36. The zero-order valence-corrected chi connectivity index (χ0v) is 17.0. The third-order valence-electron chi connectivity index (χ3n) is 4.36. The van der Waals surface area contributed by atoms with Gasteiger partial charge in [0.15, 0.2) is 11.5 Å². The van der Waals surface area contributed by atoms with Gasteiger partial charge in [-0.25, -0.2) is 4.79 Å². The molecule has 0 aliphatic rings. The number of aryl methyl sites for hydroxylation is 1. The number of hydrogen-bond acceptors (Lipinski definition) is 6. The molecule has 0 unspecified atom stereocenters. The summed E-state index contributed by atoms with van der Waals surface area (Å²) in [6.45, 7) is 2.10. The molecular formula is C24H20N2O5. The summed E-state index contributed by atoms with van der Waals surface area (Å²) in [4.78, 5) is 24.6. The van der Waals surface area contributed by atoms with Gasteiger partial charge >= 0.3 is 5.97 Å². The summed E-state index contributed by atoms with van der Waals surface area (Å²) in [5.41, 5.74) is 1.90. The molecule has 0 bridgehead atoms. The molecule has 0 atom stereocenters. The average molecular weight is 416 g/mol. The predicted molar refractivity (Wildman–Crippen MR) is 113 cm³/mol. The first-order valence-corrected chi connectivity index (χ1v) is 9.39. The second-order valence-electron chi connectivity index (χ2n) is 6.60. The van der Waals surface area contributed by atoms with Crippen molar-refractivity contribution in [3.63, 3.8) is 0 Å². The van der Waals surface area contributed by atoms with Crippen LogP contribution in [0.4, 0.5) is 0 Å².